The minimum absolute atomic E-state index is 0.0512. The molecule has 0 saturated heterocycles. The van der Waals surface area contributed by atoms with Crippen LogP contribution in [0.25, 0.3) is 10.9 Å². The predicted molar refractivity (Wildman–Crippen MR) is 85.3 cm³/mol. The summed E-state index contributed by atoms with van der Waals surface area (Å²) in [5.41, 5.74) is 0.718. The van der Waals surface area contributed by atoms with Gasteiger partial charge in [0.1, 0.15) is 5.82 Å². The van der Waals surface area contributed by atoms with E-state index in [9.17, 15) is 4.79 Å². The smallest absolute Gasteiger partial charge is 0.258 e. The highest BCUT2D eigenvalue weighted by molar-refractivity contribution is 5.77. The molecule has 112 valence electrons. The normalized spacial score (nSPS) is 16.4. The number of nitrogens with one attached hydrogen (secondary N) is 2. The number of benzene rings is 1. The molecule has 1 heterocycles. The van der Waals surface area contributed by atoms with E-state index in [-0.39, 0.29) is 5.56 Å². The molecule has 1 aromatic carbocycles. The molecule has 0 amide bonds. The van der Waals surface area contributed by atoms with E-state index >= 15 is 0 Å². The van der Waals surface area contributed by atoms with Crippen molar-refractivity contribution in [1.29, 1.82) is 0 Å². The Morgan fingerprint density at radius 2 is 2.00 bits per heavy atom. The Balaban J connectivity index is 1.54. The monoisotopic (exact) mass is 285 g/mol. The molecule has 0 radical (unpaired) electrons. The summed E-state index contributed by atoms with van der Waals surface area (Å²) < 4.78 is 0. The molecule has 21 heavy (non-hydrogen) atoms. The number of para-hydroxylation sites is 1. The van der Waals surface area contributed by atoms with E-state index in [1.807, 2.05) is 18.2 Å². The summed E-state index contributed by atoms with van der Waals surface area (Å²) in [5, 5.41) is 4.06. The van der Waals surface area contributed by atoms with Crippen molar-refractivity contribution in [3.05, 3.63) is 40.4 Å². The van der Waals surface area contributed by atoms with Crippen molar-refractivity contribution in [2.24, 2.45) is 5.92 Å². The Morgan fingerprint density at radius 1 is 1.19 bits per heavy atom. The number of hydrogen-bond acceptors (Lipinski definition) is 3. The van der Waals surface area contributed by atoms with Crippen LogP contribution >= 0.6 is 0 Å². The lowest BCUT2D eigenvalue weighted by Gasteiger charge is -2.21. The van der Waals surface area contributed by atoms with Gasteiger partial charge in [-0.05, 0) is 31.0 Å². The Labute approximate surface area is 125 Å². The van der Waals surface area contributed by atoms with E-state index in [1.54, 1.807) is 6.07 Å². The average Bonchev–Trinajstić information content (AvgIpc) is 2.53. The first-order valence-corrected chi connectivity index (χ1v) is 8.01. The summed E-state index contributed by atoms with van der Waals surface area (Å²) in [7, 11) is 0. The Morgan fingerprint density at radius 3 is 2.86 bits per heavy atom. The van der Waals surface area contributed by atoms with Gasteiger partial charge in [0, 0.05) is 0 Å². The van der Waals surface area contributed by atoms with Gasteiger partial charge in [-0.2, -0.15) is 0 Å². The minimum atomic E-state index is -0.0512. The zero-order valence-corrected chi connectivity index (χ0v) is 12.4. The third-order valence-corrected chi connectivity index (χ3v) is 4.41. The van der Waals surface area contributed by atoms with E-state index in [1.165, 1.54) is 38.5 Å². The molecule has 0 aliphatic heterocycles. The lowest BCUT2D eigenvalue weighted by Crippen LogP contribution is -2.22. The molecule has 4 nitrogen and oxygen atoms in total. The average molecular weight is 285 g/mol. The molecule has 0 spiro atoms. The summed E-state index contributed by atoms with van der Waals surface area (Å²) >= 11 is 0. The molecule has 1 fully saturated rings. The largest absolute Gasteiger partial charge is 0.310 e. The molecule has 1 aliphatic carbocycles. The van der Waals surface area contributed by atoms with Crippen molar-refractivity contribution >= 4 is 10.9 Å². The van der Waals surface area contributed by atoms with Gasteiger partial charge in [-0.15, -0.1) is 0 Å². The number of H-pyrrole nitrogens is 1. The van der Waals surface area contributed by atoms with Gasteiger partial charge in [-0.1, -0.05) is 44.2 Å². The summed E-state index contributed by atoms with van der Waals surface area (Å²) in [4.78, 5) is 19.3. The van der Waals surface area contributed by atoms with Crippen LogP contribution in [0.5, 0.6) is 0 Å². The Kier molecular flexibility index (Phi) is 4.65. The van der Waals surface area contributed by atoms with E-state index in [4.69, 9.17) is 0 Å². The molecular weight excluding hydrogens is 262 g/mol. The minimum Gasteiger partial charge on any atom is -0.310 e. The first-order chi connectivity index (χ1) is 10.3. The summed E-state index contributed by atoms with van der Waals surface area (Å²) in [6.07, 6.45) is 8.19. The van der Waals surface area contributed by atoms with Gasteiger partial charge in [0.05, 0.1) is 17.4 Å². The Bertz CT molecular complexity index is 644. The molecule has 1 aromatic heterocycles. The summed E-state index contributed by atoms with van der Waals surface area (Å²) in [6, 6.07) is 7.47. The summed E-state index contributed by atoms with van der Waals surface area (Å²) in [5.74, 6) is 1.61. The van der Waals surface area contributed by atoms with Gasteiger partial charge >= 0.3 is 0 Å². The van der Waals surface area contributed by atoms with Crippen molar-refractivity contribution in [3.8, 4) is 0 Å². The zero-order valence-electron chi connectivity index (χ0n) is 12.4. The number of fused-ring (bicyclic) bond motifs is 1. The van der Waals surface area contributed by atoms with Gasteiger partial charge in [0.15, 0.2) is 0 Å². The second kappa shape index (κ2) is 6.85. The quantitative estimate of drug-likeness (QED) is 0.830. The van der Waals surface area contributed by atoms with Gasteiger partial charge < -0.3 is 10.3 Å². The van der Waals surface area contributed by atoms with Gasteiger partial charge in [-0.25, -0.2) is 4.98 Å². The topological polar surface area (TPSA) is 57.8 Å². The van der Waals surface area contributed by atoms with Crippen LogP contribution < -0.4 is 10.9 Å². The maximum absolute atomic E-state index is 12.0. The van der Waals surface area contributed by atoms with Crippen LogP contribution in [-0.4, -0.2) is 16.5 Å². The number of aromatic nitrogens is 2. The molecule has 0 atom stereocenters. The maximum Gasteiger partial charge on any atom is 0.258 e. The summed E-state index contributed by atoms with van der Waals surface area (Å²) in [6.45, 7) is 1.63. The van der Waals surface area contributed by atoms with Gasteiger partial charge in [0.2, 0.25) is 0 Å². The van der Waals surface area contributed by atoms with Crippen molar-refractivity contribution in [2.45, 2.75) is 45.1 Å². The highest BCUT2D eigenvalue weighted by atomic mass is 16.1. The SMILES string of the molecule is O=c1[nH]c(CNCCC2CCCCC2)nc2ccccc12. The van der Waals surface area contributed by atoms with Crippen LogP contribution in [0.4, 0.5) is 0 Å². The lowest BCUT2D eigenvalue weighted by atomic mass is 9.87. The van der Waals surface area contributed by atoms with Crippen molar-refractivity contribution in [2.75, 3.05) is 6.54 Å². The lowest BCUT2D eigenvalue weighted by molar-refractivity contribution is 0.333. The molecule has 1 aliphatic rings. The molecule has 4 heteroatoms. The van der Waals surface area contributed by atoms with E-state index in [2.05, 4.69) is 15.3 Å². The number of hydrogen-bond donors (Lipinski definition) is 2. The molecular formula is C17H23N3O. The van der Waals surface area contributed by atoms with Crippen LogP contribution in [0.3, 0.4) is 0 Å². The van der Waals surface area contributed by atoms with Crippen molar-refractivity contribution < 1.29 is 0 Å². The number of nitrogens with zero attached hydrogens (tertiary/aromatic N) is 1. The van der Waals surface area contributed by atoms with E-state index in [0.29, 0.717) is 11.9 Å². The number of aromatic amines is 1. The van der Waals surface area contributed by atoms with Crippen LogP contribution in [0.15, 0.2) is 29.1 Å². The second-order valence-corrected chi connectivity index (χ2v) is 6.00. The van der Waals surface area contributed by atoms with Crippen molar-refractivity contribution in [3.63, 3.8) is 0 Å². The van der Waals surface area contributed by atoms with Crippen molar-refractivity contribution in [1.82, 2.24) is 15.3 Å². The standard InChI is InChI=1S/C17H23N3O/c21-17-14-8-4-5-9-15(14)19-16(20-17)12-18-11-10-13-6-2-1-3-7-13/h4-5,8-9,13,18H,1-3,6-7,10-12H2,(H,19,20,21). The molecule has 2 aromatic rings. The first kappa shape index (κ1) is 14.3. The van der Waals surface area contributed by atoms with Crippen LogP contribution in [0.2, 0.25) is 0 Å². The zero-order chi connectivity index (χ0) is 14.5. The fourth-order valence-corrected chi connectivity index (χ4v) is 3.21. The van der Waals surface area contributed by atoms with E-state index in [0.717, 1.165) is 23.8 Å². The molecule has 0 bridgehead atoms. The fourth-order valence-electron chi connectivity index (χ4n) is 3.21. The predicted octanol–water partition coefficient (Wildman–Crippen LogP) is 2.98. The maximum atomic E-state index is 12.0. The Hall–Kier alpha value is -1.68. The highest BCUT2D eigenvalue weighted by Crippen LogP contribution is 2.25. The van der Waals surface area contributed by atoms with Crippen LogP contribution in [0.1, 0.15) is 44.3 Å². The highest BCUT2D eigenvalue weighted by Gasteiger charge is 2.12. The van der Waals surface area contributed by atoms with Crippen LogP contribution in [0, 0.1) is 5.92 Å². The molecule has 3 rings (SSSR count). The third-order valence-electron chi connectivity index (χ3n) is 4.41. The molecule has 2 N–H and O–H groups in total. The second-order valence-electron chi connectivity index (χ2n) is 6.00. The molecule has 0 unspecified atom stereocenters. The van der Waals surface area contributed by atoms with Gasteiger partial charge in [-0.3, -0.25) is 4.79 Å². The first-order valence-electron chi connectivity index (χ1n) is 8.01. The van der Waals surface area contributed by atoms with Crippen LogP contribution in [-0.2, 0) is 6.54 Å². The van der Waals surface area contributed by atoms with E-state index < -0.39 is 0 Å². The molecule has 1 saturated carbocycles. The van der Waals surface area contributed by atoms with Gasteiger partial charge in [0.25, 0.3) is 5.56 Å². The third kappa shape index (κ3) is 3.70. The number of rotatable bonds is 5. The fraction of sp³-hybridized carbons (Fsp3) is 0.529.